The first-order valence-corrected chi connectivity index (χ1v) is 9.41. The Morgan fingerprint density at radius 3 is 2.73 bits per heavy atom. The van der Waals surface area contributed by atoms with Crippen LogP contribution in [0.5, 0.6) is 0 Å². The SMILES string of the molecule is CCCCNc1cc(C(=O)N2CCN(c3cccc(Cl)c3)CC2)ncn1. The zero-order chi connectivity index (χ0) is 18.4. The van der Waals surface area contributed by atoms with Crippen molar-refractivity contribution in [3.63, 3.8) is 0 Å². The lowest BCUT2D eigenvalue weighted by Gasteiger charge is -2.36. The van der Waals surface area contributed by atoms with Gasteiger partial charge in [-0.15, -0.1) is 0 Å². The van der Waals surface area contributed by atoms with Crippen molar-refractivity contribution in [3.05, 3.63) is 47.4 Å². The summed E-state index contributed by atoms with van der Waals surface area (Å²) in [5.41, 5.74) is 1.53. The fourth-order valence-electron chi connectivity index (χ4n) is 2.97. The summed E-state index contributed by atoms with van der Waals surface area (Å²) in [6.45, 7) is 5.86. The smallest absolute Gasteiger partial charge is 0.272 e. The standard InChI is InChI=1S/C19H24ClN5O/c1-2-3-7-21-18-13-17(22-14-23-18)19(26)25-10-8-24(9-11-25)16-6-4-5-15(20)12-16/h4-6,12-14H,2-3,7-11H2,1H3,(H,21,22,23). The molecule has 0 unspecified atom stereocenters. The molecule has 0 aliphatic carbocycles. The fraction of sp³-hybridized carbons (Fsp3) is 0.421. The number of carbonyl (C=O) groups excluding carboxylic acids is 1. The van der Waals surface area contributed by atoms with Gasteiger partial charge in [0.25, 0.3) is 5.91 Å². The molecule has 2 aromatic rings. The van der Waals surface area contributed by atoms with Crippen molar-refractivity contribution in [1.29, 1.82) is 0 Å². The van der Waals surface area contributed by atoms with Gasteiger partial charge in [-0.25, -0.2) is 9.97 Å². The Morgan fingerprint density at radius 2 is 2.00 bits per heavy atom. The lowest BCUT2D eigenvalue weighted by Crippen LogP contribution is -2.49. The van der Waals surface area contributed by atoms with E-state index in [0.717, 1.165) is 43.2 Å². The van der Waals surface area contributed by atoms with Crippen LogP contribution in [-0.4, -0.2) is 53.5 Å². The predicted octanol–water partition coefficient (Wildman–Crippen LogP) is 3.30. The summed E-state index contributed by atoms with van der Waals surface area (Å²) in [6, 6.07) is 9.55. The predicted molar refractivity (Wildman–Crippen MR) is 105 cm³/mol. The minimum atomic E-state index is -0.0447. The van der Waals surface area contributed by atoms with Gasteiger partial charge in [0, 0.05) is 49.5 Å². The Hall–Kier alpha value is -2.34. The zero-order valence-electron chi connectivity index (χ0n) is 15.0. The molecule has 1 aliphatic heterocycles. The number of aromatic nitrogens is 2. The number of benzene rings is 1. The third kappa shape index (κ3) is 4.64. The molecule has 26 heavy (non-hydrogen) atoms. The summed E-state index contributed by atoms with van der Waals surface area (Å²) in [4.78, 5) is 25.2. The number of halogens is 1. The summed E-state index contributed by atoms with van der Waals surface area (Å²) < 4.78 is 0. The Labute approximate surface area is 159 Å². The quantitative estimate of drug-likeness (QED) is 0.787. The topological polar surface area (TPSA) is 61.4 Å². The fourth-order valence-corrected chi connectivity index (χ4v) is 3.15. The maximum atomic E-state index is 12.7. The average molecular weight is 374 g/mol. The van der Waals surface area contributed by atoms with E-state index in [1.54, 1.807) is 6.07 Å². The van der Waals surface area contributed by atoms with Crippen molar-refractivity contribution in [1.82, 2.24) is 14.9 Å². The molecule has 1 aromatic heterocycles. The first-order valence-electron chi connectivity index (χ1n) is 9.03. The molecule has 1 amide bonds. The molecule has 2 heterocycles. The van der Waals surface area contributed by atoms with Crippen LogP contribution in [0.1, 0.15) is 30.3 Å². The molecule has 1 aliphatic rings. The van der Waals surface area contributed by atoms with Crippen LogP contribution in [0.25, 0.3) is 0 Å². The first kappa shape index (κ1) is 18.5. The van der Waals surface area contributed by atoms with Crippen molar-refractivity contribution in [3.8, 4) is 0 Å². The number of hydrogen-bond donors (Lipinski definition) is 1. The molecule has 0 radical (unpaired) electrons. The molecule has 3 rings (SSSR count). The number of amides is 1. The lowest BCUT2D eigenvalue weighted by atomic mass is 10.2. The molecule has 0 bridgehead atoms. The lowest BCUT2D eigenvalue weighted by molar-refractivity contribution is 0.0740. The number of anilines is 2. The van der Waals surface area contributed by atoms with E-state index in [0.29, 0.717) is 24.6 Å². The van der Waals surface area contributed by atoms with E-state index in [1.807, 2.05) is 29.2 Å². The Balaban J connectivity index is 1.59. The highest BCUT2D eigenvalue weighted by molar-refractivity contribution is 6.30. The highest BCUT2D eigenvalue weighted by Crippen LogP contribution is 2.21. The maximum Gasteiger partial charge on any atom is 0.272 e. The molecule has 138 valence electrons. The summed E-state index contributed by atoms with van der Waals surface area (Å²) >= 11 is 6.07. The van der Waals surface area contributed by atoms with E-state index < -0.39 is 0 Å². The third-order valence-corrected chi connectivity index (χ3v) is 4.70. The van der Waals surface area contributed by atoms with Gasteiger partial charge in [0.05, 0.1) is 0 Å². The summed E-state index contributed by atoms with van der Waals surface area (Å²) in [5.74, 6) is 0.658. The van der Waals surface area contributed by atoms with Crippen molar-refractivity contribution < 1.29 is 4.79 Å². The number of carbonyl (C=O) groups is 1. The van der Waals surface area contributed by atoms with Gasteiger partial charge >= 0.3 is 0 Å². The van der Waals surface area contributed by atoms with E-state index in [4.69, 9.17) is 11.6 Å². The summed E-state index contributed by atoms with van der Waals surface area (Å²) in [7, 11) is 0. The molecule has 1 aromatic carbocycles. The highest BCUT2D eigenvalue weighted by atomic mass is 35.5. The van der Waals surface area contributed by atoms with E-state index in [-0.39, 0.29) is 5.91 Å². The summed E-state index contributed by atoms with van der Waals surface area (Å²) in [6.07, 6.45) is 3.63. The van der Waals surface area contributed by atoms with Crippen LogP contribution < -0.4 is 10.2 Å². The largest absolute Gasteiger partial charge is 0.370 e. The average Bonchev–Trinajstić information content (AvgIpc) is 2.68. The van der Waals surface area contributed by atoms with E-state index in [2.05, 4.69) is 27.1 Å². The Bertz CT molecular complexity index is 746. The molecule has 1 saturated heterocycles. The minimum absolute atomic E-state index is 0.0447. The minimum Gasteiger partial charge on any atom is -0.370 e. The molecule has 7 heteroatoms. The molecule has 6 nitrogen and oxygen atoms in total. The molecule has 0 saturated carbocycles. The zero-order valence-corrected chi connectivity index (χ0v) is 15.7. The molecular formula is C19H24ClN5O. The van der Waals surface area contributed by atoms with Crippen LogP contribution in [0.15, 0.2) is 36.7 Å². The Kier molecular flexibility index (Phi) is 6.28. The van der Waals surface area contributed by atoms with Crippen LogP contribution in [0, 0.1) is 0 Å². The van der Waals surface area contributed by atoms with Crippen molar-refractivity contribution >= 4 is 29.0 Å². The first-order chi connectivity index (χ1) is 12.7. The third-order valence-electron chi connectivity index (χ3n) is 4.46. The van der Waals surface area contributed by atoms with Crippen molar-refractivity contribution in [2.45, 2.75) is 19.8 Å². The van der Waals surface area contributed by atoms with Crippen molar-refractivity contribution in [2.75, 3.05) is 42.9 Å². The number of piperazine rings is 1. The van der Waals surface area contributed by atoms with Crippen LogP contribution in [0.2, 0.25) is 5.02 Å². The number of rotatable bonds is 6. The van der Waals surface area contributed by atoms with Gasteiger partial charge in [-0.3, -0.25) is 4.79 Å². The van der Waals surface area contributed by atoms with Gasteiger partial charge in [-0.1, -0.05) is 31.0 Å². The molecule has 0 atom stereocenters. The molecule has 0 spiro atoms. The second-order valence-electron chi connectivity index (χ2n) is 6.33. The van der Waals surface area contributed by atoms with Crippen molar-refractivity contribution in [2.24, 2.45) is 0 Å². The van der Waals surface area contributed by atoms with Gasteiger partial charge in [-0.2, -0.15) is 0 Å². The van der Waals surface area contributed by atoms with Crippen LogP contribution in [0.4, 0.5) is 11.5 Å². The highest BCUT2D eigenvalue weighted by Gasteiger charge is 2.23. The maximum absolute atomic E-state index is 12.7. The normalized spacial score (nSPS) is 14.4. The van der Waals surface area contributed by atoms with Crippen LogP contribution >= 0.6 is 11.6 Å². The number of nitrogens with one attached hydrogen (secondary N) is 1. The van der Waals surface area contributed by atoms with E-state index in [1.165, 1.54) is 6.33 Å². The van der Waals surface area contributed by atoms with Gasteiger partial charge < -0.3 is 15.1 Å². The number of hydrogen-bond acceptors (Lipinski definition) is 5. The van der Waals surface area contributed by atoms with Crippen LogP contribution in [0.3, 0.4) is 0 Å². The van der Waals surface area contributed by atoms with Gasteiger partial charge in [0.15, 0.2) is 0 Å². The summed E-state index contributed by atoms with van der Waals surface area (Å²) in [5, 5.41) is 3.96. The molecular weight excluding hydrogens is 350 g/mol. The number of nitrogens with zero attached hydrogens (tertiary/aromatic N) is 4. The van der Waals surface area contributed by atoms with E-state index in [9.17, 15) is 4.79 Å². The molecule has 1 N–H and O–H groups in total. The monoisotopic (exact) mass is 373 g/mol. The van der Waals surface area contributed by atoms with Gasteiger partial charge in [0.2, 0.25) is 0 Å². The number of unbranched alkanes of at least 4 members (excludes halogenated alkanes) is 1. The second kappa shape index (κ2) is 8.85. The van der Waals surface area contributed by atoms with Gasteiger partial charge in [-0.05, 0) is 24.6 Å². The molecule has 1 fully saturated rings. The Morgan fingerprint density at radius 1 is 1.19 bits per heavy atom. The second-order valence-corrected chi connectivity index (χ2v) is 6.76. The van der Waals surface area contributed by atoms with E-state index >= 15 is 0 Å². The van der Waals surface area contributed by atoms with Crippen LogP contribution in [-0.2, 0) is 0 Å². The van der Waals surface area contributed by atoms with Gasteiger partial charge in [0.1, 0.15) is 17.8 Å².